The number of hydrogen-bond acceptors (Lipinski definition) is 3. The van der Waals surface area contributed by atoms with Crippen molar-refractivity contribution >= 4 is 0 Å². The first-order valence-corrected chi connectivity index (χ1v) is 7.29. The molecule has 3 aliphatic heterocycles. The Bertz CT molecular complexity index is 358. The first kappa shape index (κ1) is 10.2. The van der Waals surface area contributed by atoms with Gasteiger partial charge in [0.1, 0.15) is 0 Å². The highest BCUT2D eigenvalue weighted by Crippen LogP contribution is 2.64. The zero-order valence-electron chi connectivity index (χ0n) is 10.6. The molecule has 3 N–H and O–H groups in total. The van der Waals surface area contributed by atoms with Gasteiger partial charge in [-0.05, 0) is 68.0 Å². The summed E-state index contributed by atoms with van der Waals surface area (Å²) in [6.07, 6.45) is 8.35. The van der Waals surface area contributed by atoms with Crippen LogP contribution in [-0.4, -0.2) is 26.2 Å². The van der Waals surface area contributed by atoms with Crippen molar-refractivity contribution in [2.24, 2.45) is 10.8 Å². The van der Waals surface area contributed by atoms with Gasteiger partial charge in [-0.2, -0.15) is 0 Å². The second kappa shape index (κ2) is 3.41. The largest absolute Gasteiger partial charge is 0.372 e. The fourth-order valence-corrected chi connectivity index (χ4v) is 4.49. The van der Waals surface area contributed by atoms with Crippen LogP contribution < -0.4 is 16.0 Å². The van der Waals surface area contributed by atoms with Gasteiger partial charge < -0.3 is 16.0 Å². The summed E-state index contributed by atoms with van der Waals surface area (Å²) in [5, 5.41) is 10.8. The first-order chi connectivity index (χ1) is 8.35. The monoisotopic (exact) mass is 233 g/mol. The van der Waals surface area contributed by atoms with Crippen LogP contribution in [0.15, 0.2) is 11.4 Å². The highest BCUT2D eigenvalue weighted by atomic mass is 15.1. The van der Waals surface area contributed by atoms with Crippen LogP contribution in [0.2, 0.25) is 0 Å². The minimum atomic E-state index is 0.537. The van der Waals surface area contributed by atoms with Crippen molar-refractivity contribution in [3.05, 3.63) is 11.4 Å². The zero-order chi connectivity index (χ0) is 11.3. The lowest BCUT2D eigenvalue weighted by Gasteiger charge is -2.49. The van der Waals surface area contributed by atoms with Gasteiger partial charge in [0.05, 0.1) is 5.82 Å². The molecule has 2 fully saturated rings. The molecule has 0 radical (unpaired) electrons. The van der Waals surface area contributed by atoms with E-state index in [0.29, 0.717) is 10.8 Å². The molecule has 0 aromatic heterocycles. The topological polar surface area (TPSA) is 36.1 Å². The van der Waals surface area contributed by atoms with Crippen molar-refractivity contribution in [2.75, 3.05) is 26.2 Å². The maximum atomic E-state index is 3.64. The van der Waals surface area contributed by atoms with Crippen LogP contribution in [0.5, 0.6) is 0 Å². The third-order valence-corrected chi connectivity index (χ3v) is 5.54. The molecular formula is C14H23N3. The molecule has 1 aliphatic carbocycles. The Labute approximate surface area is 103 Å². The van der Waals surface area contributed by atoms with E-state index in [1.54, 1.807) is 0 Å². The van der Waals surface area contributed by atoms with Crippen molar-refractivity contribution in [1.82, 2.24) is 16.0 Å². The summed E-state index contributed by atoms with van der Waals surface area (Å²) >= 11 is 0. The van der Waals surface area contributed by atoms with E-state index in [-0.39, 0.29) is 0 Å². The Morgan fingerprint density at radius 1 is 0.647 bits per heavy atom. The molecule has 94 valence electrons. The van der Waals surface area contributed by atoms with Crippen LogP contribution in [0, 0.1) is 10.8 Å². The van der Waals surface area contributed by atoms with Gasteiger partial charge in [0, 0.05) is 13.1 Å². The standard InChI is InChI=1S/C14H23N3/c1-2-13(1)5-9-16-12-11(13)14(6-10-17-12)3-7-15-8-4-14/h15-17H,1-10H2. The molecule has 3 heteroatoms. The summed E-state index contributed by atoms with van der Waals surface area (Å²) in [6, 6.07) is 0. The number of piperidine rings is 1. The van der Waals surface area contributed by atoms with E-state index < -0.39 is 0 Å². The van der Waals surface area contributed by atoms with E-state index in [0.717, 1.165) is 0 Å². The first-order valence-electron chi connectivity index (χ1n) is 7.29. The predicted molar refractivity (Wildman–Crippen MR) is 68.5 cm³/mol. The Morgan fingerprint density at radius 3 is 1.76 bits per heavy atom. The number of fused-ring (bicyclic) bond motifs is 2. The number of hydrogen-bond donors (Lipinski definition) is 3. The van der Waals surface area contributed by atoms with E-state index in [1.165, 1.54) is 70.5 Å². The van der Waals surface area contributed by atoms with Crippen LogP contribution in [0.25, 0.3) is 0 Å². The Hall–Kier alpha value is -0.700. The van der Waals surface area contributed by atoms with Gasteiger partial charge in [0.15, 0.2) is 0 Å². The average Bonchev–Trinajstić information content (AvgIpc) is 3.11. The number of nitrogens with one attached hydrogen (secondary N) is 3. The third-order valence-electron chi connectivity index (χ3n) is 5.54. The van der Waals surface area contributed by atoms with Crippen molar-refractivity contribution in [3.8, 4) is 0 Å². The van der Waals surface area contributed by atoms with Gasteiger partial charge in [-0.3, -0.25) is 0 Å². The second-order valence-corrected chi connectivity index (χ2v) is 6.41. The molecule has 17 heavy (non-hydrogen) atoms. The molecule has 1 saturated carbocycles. The molecule has 0 unspecified atom stereocenters. The van der Waals surface area contributed by atoms with Crippen LogP contribution >= 0.6 is 0 Å². The minimum Gasteiger partial charge on any atom is -0.372 e. The fraction of sp³-hybridized carbons (Fsp3) is 0.857. The van der Waals surface area contributed by atoms with Gasteiger partial charge in [-0.1, -0.05) is 0 Å². The zero-order valence-corrected chi connectivity index (χ0v) is 10.6. The quantitative estimate of drug-likeness (QED) is 0.591. The summed E-state index contributed by atoms with van der Waals surface area (Å²) in [4.78, 5) is 0. The van der Waals surface area contributed by atoms with Crippen LogP contribution in [0.1, 0.15) is 38.5 Å². The molecule has 3 nitrogen and oxygen atoms in total. The van der Waals surface area contributed by atoms with Gasteiger partial charge in [0.25, 0.3) is 0 Å². The molecule has 0 bridgehead atoms. The van der Waals surface area contributed by atoms with Crippen molar-refractivity contribution in [3.63, 3.8) is 0 Å². The van der Waals surface area contributed by atoms with Crippen molar-refractivity contribution < 1.29 is 0 Å². The van der Waals surface area contributed by atoms with E-state index in [2.05, 4.69) is 16.0 Å². The van der Waals surface area contributed by atoms with Crippen molar-refractivity contribution in [1.29, 1.82) is 0 Å². The SMILES string of the molecule is C1CC2(CCN1)CCNC1=C2C2(CCN1)CC2. The lowest BCUT2D eigenvalue weighted by Crippen LogP contribution is -2.51. The lowest BCUT2D eigenvalue weighted by molar-refractivity contribution is 0.177. The van der Waals surface area contributed by atoms with E-state index >= 15 is 0 Å². The summed E-state index contributed by atoms with van der Waals surface area (Å²) in [6.45, 7) is 4.78. The van der Waals surface area contributed by atoms with Gasteiger partial charge in [-0.15, -0.1) is 0 Å². The summed E-state index contributed by atoms with van der Waals surface area (Å²) in [7, 11) is 0. The summed E-state index contributed by atoms with van der Waals surface area (Å²) in [5.74, 6) is 1.43. The van der Waals surface area contributed by atoms with E-state index in [9.17, 15) is 0 Å². The summed E-state index contributed by atoms with van der Waals surface area (Å²) < 4.78 is 0. The second-order valence-electron chi connectivity index (χ2n) is 6.41. The Morgan fingerprint density at radius 2 is 1.18 bits per heavy atom. The van der Waals surface area contributed by atoms with Gasteiger partial charge in [0.2, 0.25) is 0 Å². The van der Waals surface area contributed by atoms with E-state index in [4.69, 9.17) is 0 Å². The number of rotatable bonds is 0. The molecule has 0 aromatic carbocycles. The smallest absolute Gasteiger partial charge is 0.0989 e. The molecule has 4 rings (SSSR count). The minimum absolute atomic E-state index is 0.537. The lowest BCUT2D eigenvalue weighted by atomic mass is 9.62. The van der Waals surface area contributed by atoms with Crippen LogP contribution in [-0.2, 0) is 0 Å². The average molecular weight is 233 g/mol. The molecular weight excluding hydrogens is 210 g/mol. The molecule has 0 amide bonds. The van der Waals surface area contributed by atoms with Crippen LogP contribution in [0.3, 0.4) is 0 Å². The normalized spacial score (nSPS) is 32.9. The molecule has 4 aliphatic rings. The van der Waals surface area contributed by atoms with Gasteiger partial charge >= 0.3 is 0 Å². The number of allylic oxidation sites excluding steroid dienone is 1. The van der Waals surface area contributed by atoms with Crippen molar-refractivity contribution in [2.45, 2.75) is 38.5 Å². The maximum Gasteiger partial charge on any atom is 0.0989 e. The molecule has 2 spiro atoms. The molecule has 0 atom stereocenters. The van der Waals surface area contributed by atoms with Gasteiger partial charge in [-0.25, -0.2) is 0 Å². The highest BCUT2D eigenvalue weighted by Gasteiger charge is 2.56. The van der Waals surface area contributed by atoms with E-state index in [1.807, 2.05) is 5.57 Å². The molecule has 0 aromatic rings. The molecule has 3 heterocycles. The predicted octanol–water partition coefficient (Wildman–Crippen LogP) is 1.33. The maximum absolute atomic E-state index is 3.64. The summed E-state index contributed by atoms with van der Waals surface area (Å²) in [5.41, 5.74) is 2.96. The van der Waals surface area contributed by atoms with Crippen LogP contribution in [0.4, 0.5) is 0 Å². The Kier molecular flexibility index (Phi) is 2.05. The molecule has 1 saturated heterocycles. The Balaban J connectivity index is 1.79. The third kappa shape index (κ3) is 1.38. The fourth-order valence-electron chi connectivity index (χ4n) is 4.49. The highest BCUT2D eigenvalue weighted by molar-refractivity contribution is 5.37.